The highest BCUT2D eigenvalue weighted by Crippen LogP contribution is 2.38. The van der Waals surface area contributed by atoms with E-state index in [9.17, 15) is 19.0 Å². The van der Waals surface area contributed by atoms with Crippen molar-refractivity contribution in [1.82, 2.24) is 0 Å². The number of nitrogens with zero attached hydrogens (tertiary/aromatic N) is 1. The molecule has 78 heavy (non-hydrogen) atoms. The largest absolute Gasteiger partial charge is 0.756 e. The molecule has 9 nitrogen and oxygen atoms in total. The van der Waals surface area contributed by atoms with Gasteiger partial charge in [-0.1, -0.05) is 257 Å². The third-order valence-corrected chi connectivity index (χ3v) is 13.6. The first-order valence-electron chi connectivity index (χ1n) is 30.9. The van der Waals surface area contributed by atoms with Crippen molar-refractivity contribution in [3.63, 3.8) is 0 Å². The molecule has 0 aromatic carbocycles. The van der Waals surface area contributed by atoms with Crippen LogP contribution in [0.5, 0.6) is 0 Å². The molecule has 0 radical (unpaired) electrons. The molecule has 0 amide bonds. The second-order valence-electron chi connectivity index (χ2n) is 21.3. The van der Waals surface area contributed by atoms with Gasteiger partial charge in [0.25, 0.3) is 7.82 Å². The molecule has 0 aliphatic carbocycles. The van der Waals surface area contributed by atoms with Crippen molar-refractivity contribution >= 4 is 19.8 Å². The van der Waals surface area contributed by atoms with Gasteiger partial charge in [0.15, 0.2) is 6.10 Å². The summed E-state index contributed by atoms with van der Waals surface area (Å²) in [5.74, 6) is -0.850. The van der Waals surface area contributed by atoms with Crippen LogP contribution >= 0.6 is 7.82 Å². The Balaban J connectivity index is 4.11. The molecule has 0 heterocycles. The SMILES string of the molecule is CC/C=C\C/C=C\C/C=C\C/C=C\C/C=C\C/C=C\C/C=C\C/C=C\C/C=C\C/C=C\C/C=C\CCCCCCCCCC(=O)OC(COC(=O)CCCCCCCCCCCCCCC)COP(=O)([O-])OCC[N+](C)(C)C. The van der Waals surface area contributed by atoms with Crippen molar-refractivity contribution in [2.24, 2.45) is 0 Å². The van der Waals surface area contributed by atoms with Crippen molar-refractivity contribution in [2.45, 2.75) is 238 Å². The Kier molecular flexibility index (Phi) is 55.0. The summed E-state index contributed by atoms with van der Waals surface area (Å²) in [5.41, 5.74) is 0. The Bertz CT molecular complexity index is 1780. The third kappa shape index (κ3) is 61.4. The van der Waals surface area contributed by atoms with Crippen LogP contribution in [-0.4, -0.2) is 70.0 Å². The summed E-state index contributed by atoms with van der Waals surface area (Å²) in [4.78, 5) is 37.8. The van der Waals surface area contributed by atoms with Gasteiger partial charge in [0.1, 0.15) is 19.8 Å². The average Bonchev–Trinajstić information content (AvgIpc) is 3.40. The van der Waals surface area contributed by atoms with E-state index in [0.29, 0.717) is 17.4 Å². The van der Waals surface area contributed by atoms with E-state index >= 15 is 0 Å². The van der Waals surface area contributed by atoms with Crippen LogP contribution in [-0.2, 0) is 32.7 Å². The number of hydrogen-bond acceptors (Lipinski definition) is 8. The van der Waals surface area contributed by atoms with E-state index in [1.165, 1.54) is 77.0 Å². The van der Waals surface area contributed by atoms with Gasteiger partial charge in [-0.3, -0.25) is 14.2 Å². The van der Waals surface area contributed by atoms with Gasteiger partial charge in [-0.15, -0.1) is 0 Å². The minimum atomic E-state index is -4.64. The molecule has 2 unspecified atom stereocenters. The minimum absolute atomic E-state index is 0.0381. The van der Waals surface area contributed by atoms with Gasteiger partial charge in [-0.05, 0) is 96.3 Å². The predicted molar refractivity (Wildman–Crippen MR) is 332 cm³/mol. The van der Waals surface area contributed by atoms with E-state index in [4.69, 9.17) is 18.5 Å². The smallest absolute Gasteiger partial charge is 0.306 e. The maximum absolute atomic E-state index is 12.8. The number of phosphoric acid groups is 1. The van der Waals surface area contributed by atoms with Crippen LogP contribution in [0.3, 0.4) is 0 Å². The molecule has 0 bridgehead atoms. The van der Waals surface area contributed by atoms with E-state index in [1.807, 2.05) is 21.1 Å². The number of likely N-dealkylation sites (N-methyl/N-ethyl adjacent to an activating group) is 1. The van der Waals surface area contributed by atoms with E-state index in [-0.39, 0.29) is 32.0 Å². The standard InChI is InChI=1S/C68H114NO8P/c1-6-8-10-12-14-16-18-20-21-22-23-24-25-26-27-28-29-30-31-32-33-34-35-36-37-38-39-40-41-42-43-44-45-46-47-49-51-53-55-57-59-61-68(71)77-66(65-76-78(72,73)75-63-62-69(3,4)5)64-74-67(70)60-58-56-54-52-50-48-19-17-15-13-11-9-7-2/h8,10,14,16,20-21,23-24,26-27,29-30,32-33,35-36,38-39,41-42,44-45,66H,6-7,9,11-13,15,17-19,22,25,28,31,34,37,40,43,46-65H2,1-5H3/b10-8-,16-14-,21-20-,24-23-,27-26-,30-29-,33-32-,36-35-,39-38-,42-41-,45-44-. The Labute approximate surface area is 479 Å². The Morgan fingerprint density at radius 2 is 0.731 bits per heavy atom. The van der Waals surface area contributed by atoms with E-state index in [1.54, 1.807) is 0 Å². The lowest BCUT2D eigenvalue weighted by molar-refractivity contribution is -0.870. The first-order valence-corrected chi connectivity index (χ1v) is 32.4. The normalized spacial score (nSPS) is 14.2. The molecule has 0 N–H and O–H groups in total. The number of unbranched alkanes of at least 4 members (excludes halogenated alkanes) is 19. The molecule has 0 aromatic rings. The zero-order valence-corrected chi connectivity index (χ0v) is 51.2. The Morgan fingerprint density at radius 3 is 1.09 bits per heavy atom. The van der Waals surface area contributed by atoms with Crippen LogP contribution < -0.4 is 4.89 Å². The van der Waals surface area contributed by atoms with Gasteiger partial charge in [-0.2, -0.15) is 0 Å². The summed E-state index contributed by atoms with van der Waals surface area (Å²) in [6.07, 6.45) is 83.7. The molecule has 10 heteroatoms. The average molecular weight is 1100 g/mol. The molecule has 0 rings (SSSR count). The molecule has 0 aromatic heterocycles. The lowest BCUT2D eigenvalue weighted by atomic mass is 10.0. The van der Waals surface area contributed by atoms with Gasteiger partial charge >= 0.3 is 11.9 Å². The summed E-state index contributed by atoms with van der Waals surface area (Å²) >= 11 is 0. The second kappa shape index (κ2) is 57.8. The molecule has 444 valence electrons. The maximum atomic E-state index is 12.8. The number of quaternary nitrogens is 1. The molecule has 2 atom stereocenters. The van der Waals surface area contributed by atoms with Crippen LogP contribution in [0.25, 0.3) is 0 Å². The first kappa shape index (κ1) is 74.2. The number of allylic oxidation sites excluding steroid dienone is 22. The molecule has 0 fully saturated rings. The number of hydrogen-bond donors (Lipinski definition) is 0. The second-order valence-corrected chi connectivity index (χ2v) is 22.8. The number of phosphoric ester groups is 1. The van der Waals surface area contributed by atoms with Gasteiger partial charge in [0.2, 0.25) is 0 Å². The highest BCUT2D eigenvalue weighted by molar-refractivity contribution is 7.45. The van der Waals surface area contributed by atoms with E-state index in [2.05, 4.69) is 148 Å². The van der Waals surface area contributed by atoms with Crippen molar-refractivity contribution in [2.75, 3.05) is 47.5 Å². The number of esters is 2. The quantitative estimate of drug-likeness (QED) is 0.0195. The van der Waals surface area contributed by atoms with Gasteiger partial charge in [0.05, 0.1) is 27.7 Å². The van der Waals surface area contributed by atoms with Crippen LogP contribution in [0, 0.1) is 0 Å². The fraction of sp³-hybridized carbons (Fsp3) is 0.647. The molecule has 0 spiro atoms. The zero-order valence-electron chi connectivity index (χ0n) is 50.3. The summed E-state index contributed by atoms with van der Waals surface area (Å²) in [6, 6.07) is 0. The minimum Gasteiger partial charge on any atom is -0.756 e. The third-order valence-electron chi connectivity index (χ3n) is 12.7. The molecule has 0 saturated heterocycles. The number of ether oxygens (including phenoxy) is 2. The monoisotopic (exact) mass is 1100 g/mol. The van der Waals surface area contributed by atoms with Gasteiger partial charge in [0, 0.05) is 12.8 Å². The molecule has 0 saturated carbocycles. The topological polar surface area (TPSA) is 111 Å². The van der Waals surface area contributed by atoms with Gasteiger partial charge in [-0.25, -0.2) is 0 Å². The van der Waals surface area contributed by atoms with Crippen molar-refractivity contribution in [3.8, 4) is 0 Å². The van der Waals surface area contributed by atoms with E-state index < -0.39 is 26.5 Å². The van der Waals surface area contributed by atoms with Crippen LogP contribution in [0.15, 0.2) is 134 Å². The summed E-state index contributed by atoms with van der Waals surface area (Å²) < 4.78 is 34.1. The fourth-order valence-electron chi connectivity index (χ4n) is 7.95. The summed E-state index contributed by atoms with van der Waals surface area (Å²) in [7, 11) is 1.15. The number of rotatable bonds is 55. The summed E-state index contributed by atoms with van der Waals surface area (Å²) in [6.45, 7) is 4.10. The van der Waals surface area contributed by atoms with Crippen LogP contribution in [0.1, 0.15) is 232 Å². The highest BCUT2D eigenvalue weighted by atomic mass is 31.2. The number of carbonyl (C=O) groups is 2. The van der Waals surface area contributed by atoms with Crippen molar-refractivity contribution < 1.29 is 42.1 Å². The molecular weight excluding hydrogens is 990 g/mol. The fourth-order valence-corrected chi connectivity index (χ4v) is 8.68. The molecular formula is C68H114NO8P. The number of carbonyl (C=O) groups excluding carboxylic acids is 2. The van der Waals surface area contributed by atoms with Crippen molar-refractivity contribution in [1.29, 1.82) is 0 Å². The predicted octanol–water partition coefficient (Wildman–Crippen LogP) is 19.1. The molecule has 0 aliphatic heterocycles. The van der Waals surface area contributed by atoms with E-state index in [0.717, 1.165) is 122 Å². The Morgan fingerprint density at radius 1 is 0.410 bits per heavy atom. The highest BCUT2D eigenvalue weighted by Gasteiger charge is 2.22. The maximum Gasteiger partial charge on any atom is 0.306 e. The molecule has 0 aliphatic rings. The van der Waals surface area contributed by atoms with Crippen molar-refractivity contribution in [3.05, 3.63) is 134 Å². The zero-order chi connectivity index (χ0) is 57.0. The first-order chi connectivity index (χ1) is 38.0. The lowest BCUT2D eigenvalue weighted by Crippen LogP contribution is -2.37. The lowest BCUT2D eigenvalue weighted by Gasteiger charge is -2.28. The summed E-state index contributed by atoms with van der Waals surface area (Å²) in [5, 5.41) is 0. The van der Waals surface area contributed by atoms with Crippen LogP contribution in [0.4, 0.5) is 0 Å². The Hall–Kier alpha value is -3.85. The van der Waals surface area contributed by atoms with Gasteiger partial charge < -0.3 is 27.9 Å². The van der Waals surface area contributed by atoms with Crippen LogP contribution in [0.2, 0.25) is 0 Å².